The number of rotatable bonds is 3. The standard InChI is InChI=1S/C18H21Cl2N3O4.C2H6/c1-18(2,3)27-17(26)21-12-9-11(19)14(20)15-10(12)8-13-16(25)22(6-7-24)4-5-23(13)15;1-2/h8-9,24H,4-7H2,1-3H3,(H,21,26);1-2H3. The largest absolute Gasteiger partial charge is 0.444 e. The van der Waals surface area contributed by atoms with Gasteiger partial charge >= 0.3 is 6.09 Å². The highest BCUT2D eigenvalue weighted by Gasteiger charge is 2.29. The minimum Gasteiger partial charge on any atom is -0.444 e. The Morgan fingerprint density at radius 3 is 2.48 bits per heavy atom. The molecule has 0 saturated carbocycles. The van der Waals surface area contributed by atoms with Crippen LogP contribution in [-0.2, 0) is 11.3 Å². The number of ether oxygens (including phenoxy) is 1. The van der Waals surface area contributed by atoms with E-state index in [0.717, 1.165) is 0 Å². The topological polar surface area (TPSA) is 83.8 Å². The first-order chi connectivity index (χ1) is 13.6. The van der Waals surface area contributed by atoms with Crippen LogP contribution in [0.1, 0.15) is 45.1 Å². The Morgan fingerprint density at radius 1 is 1.24 bits per heavy atom. The van der Waals surface area contributed by atoms with E-state index in [4.69, 9.17) is 33.0 Å². The van der Waals surface area contributed by atoms with Crippen LogP contribution >= 0.6 is 23.2 Å². The quantitative estimate of drug-likeness (QED) is 0.715. The molecule has 2 heterocycles. The summed E-state index contributed by atoms with van der Waals surface area (Å²) in [6, 6.07) is 3.22. The van der Waals surface area contributed by atoms with E-state index in [1.54, 1.807) is 36.3 Å². The van der Waals surface area contributed by atoms with Crippen molar-refractivity contribution in [3.63, 3.8) is 0 Å². The molecule has 3 rings (SSSR count). The second kappa shape index (κ2) is 9.24. The molecule has 29 heavy (non-hydrogen) atoms. The van der Waals surface area contributed by atoms with Crippen molar-refractivity contribution in [3.05, 3.63) is 27.9 Å². The van der Waals surface area contributed by atoms with Crippen LogP contribution in [0.3, 0.4) is 0 Å². The van der Waals surface area contributed by atoms with Crippen LogP contribution in [0.15, 0.2) is 12.1 Å². The van der Waals surface area contributed by atoms with E-state index in [-0.39, 0.29) is 24.1 Å². The van der Waals surface area contributed by atoms with E-state index in [9.17, 15) is 9.59 Å². The number of halogens is 2. The molecule has 1 aliphatic rings. The van der Waals surface area contributed by atoms with Gasteiger partial charge in [0.2, 0.25) is 0 Å². The molecule has 0 spiro atoms. The van der Waals surface area contributed by atoms with E-state index in [2.05, 4.69) is 5.32 Å². The highest BCUT2D eigenvalue weighted by molar-refractivity contribution is 6.45. The van der Waals surface area contributed by atoms with Gasteiger partial charge in [-0.15, -0.1) is 0 Å². The number of aliphatic hydroxyl groups is 1. The zero-order chi connectivity index (χ0) is 21.9. The monoisotopic (exact) mass is 443 g/mol. The van der Waals surface area contributed by atoms with Crippen molar-refractivity contribution in [1.82, 2.24) is 9.47 Å². The number of hydrogen-bond donors (Lipinski definition) is 2. The number of fused-ring (bicyclic) bond motifs is 3. The van der Waals surface area contributed by atoms with Gasteiger partial charge in [0.1, 0.15) is 11.3 Å². The predicted octanol–water partition coefficient (Wildman–Crippen LogP) is 4.77. The number of benzene rings is 1. The lowest BCUT2D eigenvalue weighted by Crippen LogP contribution is -2.41. The lowest BCUT2D eigenvalue weighted by atomic mass is 10.2. The zero-order valence-electron chi connectivity index (χ0n) is 17.3. The minimum absolute atomic E-state index is 0.107. The molecule has 0 radical (unpaired) electrons. The lowest BCUT2D eigenvalue weighted by Gasteiger charge is -2.28. The number of amides is 2. The van der Waals surface area contributed by atoms with Gasteiger partial charge in [0, 0.05) is 25.0 Å². The Morgan fingerprint density at radius 2 is 1.90 bits per heavy atom. The fraction of sp³-hybridized carbons (Fsp3) is 0.500. The number of carbonyl (C=O) groups is 2. The average molecular weight is 444 g/mol. The molecule has 0 unspecified atom stereocenters. The number of aliphatic hydroxyl groups excluding tert-OH is 1. The van der Waals surface area contributed by atoms with Crippen LogP contribution in [-0.4, -0.2) is 51.9 Å². The van der Waals surface area contributed by atoms with Crippen molar-refractivity contribution in [2.45, 2.75) is 46.8 Å². The van der Waals surface area contributed by atoms with Gasteiger partial charge in [-0.25, -0.2) is 4.79 Å². The van der Waals surface area contributed by atoms with E-state index in [1.807, 2.05) is 13.8 Å². The molecule has 2 amide bonds. The molecule has 0 aliphatic carbocycles. The van der Waals surface area contributed by atoms with Gasteiger partial charge in [-0.3, -0.25) is 10.1 Å². The van der Waals surface area contributed by atoms with Crippen molar-refractivity contribution in [3.8, 4) is 0 Å². The fourth-order valence-corrected chi connectivity index (χ4v) is 3.57. The van der Waals surface area contributed by atoms with Crippen LogP contribution in [0.5, 0.6) is 0 Å². The number of β-amino-alcohol motifs (C(OH)–C–C–N with tert-alkyl or cyclic N) is 1. The summed E-state index contributed by atoms with van der Waals surface area (Å²) in [5.41, 5.74) is 0.778. The van der Waals surface area contributed by atoms with Crippen molar-refractivity contribution in [2.24, 2.45) is 0 Å². The molecular weight excluding hydrogens is 417 g/mol. The maximum absolute atomic E-state index is 12.7. The molecule has 1 aliphatic heterocycles. The first-order valence-electron chi connectivity index (χ1n) is 9.53. The van der Waals surface area contributed by atoms with Crippen molar-refractivity contribution in [2.75, 3.05) is 25.0 Å². The number of nitrogens with one attached hydrogen (secondary N) is 1. The van der Waals surface area contributed by atoms with Crippen LogP contribution < -0.4 is 5.32 Å². The van der Waals surface area contributed by atoms with Gasteiger partial charge in [0.25, 0.3) is 5.91 Å². The lowest BCUT2D eigenvalue weighted by molar-refractivity contribution is 0.0634. The molecule has 0 fully saturated rings. The summed E-state index contributed by atoms with van der Waals surface area (Å²) in [7, 11) is 0. The van der Waals surface area contributed by atoms with Gasteiger partial charge in [-0.1, -0.05) is 37.0 Å². The van der Waals surface area contributed by atoms with E-state index < -0.39 is 11.7 Å². The second-order valence-electron chi connectivity index (χ2n) is 7.31. The number of nitrogens with zero attached hydrogens (tertiary/aromatic N) is 2. The maximum atomic E-state index is 12.7. The molecule has 7 nitrogen and oxygen atoms in total. The van der Waals surface area contributed by atoms with Crippen LogP contribution in [0.4, 0.5) is 10.5 Å². The number of carbonyl (C=O) groups excluding carboxylic acids is 2. The van der Waals surface area contributed by atoms with Crippen molar-refractivity contribution >= 4 is 51.8 Å². The Hall–Kier alpha value is -1.96. The first kappa shape index (κ1) is 23.3. The summed E-state index contributed by atoms with van der Waals surface area (Å²) in [5, 5.41) is 13.0. The summed E-state index contributed by atoms with van der Waals surface area (Å²) < 4.78 is 7.09. The Labute approximate surface area is 180 Å². The summed E-state index contributed by atoms with van der Waals surface area (Å²) in [4.78, 5) is 26.5. The van der Waals surface area contributed by atoms with Gasteiger partial charge < -0.3 is 19.3 Å². The third-order valence-corrected chi connectivity index (χ3v) is 4.96. The summed E-state index contributed by atoms with van der Waals surface area (Å²) in [5.74, 6) is -0.207. The van der Waals surface area contributed by atoms with Crippen molar-refractivity contribution in [1.29, 1.82) is 0 Å². The molecule has 0 saturated heterocycles. The molecule has 1 aromatic heterocycles. The van der Waals surface area contributed by atoms with E-state index in [0.29, 0.717) is 40.4 Å². The number of anilines is 1. The highest BCUT2D eigenvalue weighted by Crippen LogP contribution is 2.39. The predicted molar refractivity (Wildman–Crippen MR) is 116 cm³/mol. The van der Waals surface area contributed by atoms with Gasteiger partial charge in [-0.05, 0) is 32.9 Å². The first-order valence-corrected chi connectivity index (χ1v) is 10.3. The third-order valence-electron chi connectivity index (χ3n) is 4.18. The van der Waals surface area contributed by atoms with Crippen LogP contribution in [0.2, 0.25) is 10.0 Å². The smallest absolute Gasteiger partial charge is 0.412 e. The van der Waals surface area contributed by atoms with Crippen LogP contribution in [0, 0.1) is 0 Å². The second-order valence-corrected chi connectivity index (χ2v) is 8.09. The molecule has 160 valence electrons. The number of aromatic nitrogens is 1. The van der Waals surface area contributed by atoms with E-state index >= 15 is 0 Å². The summed E-state index contributed by atoms with van der Waals surface area (Å²) in [6.45, 7) is 10.4. The van der Waals surface area contributed by atoms with Gasteiger partial charge in [-0.2, -0.15) is 0 Å². The van der Waals surface area contributed by atoms with E-state index in [1.165, 1.54) is 6.07 Å². The molecule has 2 aromatic rings. The summed E-state index contributed by atoms with van der Waals surface area (Å²) in [6.07, 6.45) is -0.625. The molecular formula is C20H27Cl2N3O4. The van der Waals surface area contributed by atoms with Gasteiger partial charge in [0.15, 0.2) is 0 Å². The minimum atomic E-state index is -0.653. The molecule has 0 atom stereocenters. The zero-order valence-corrected chi connectivity index (χ0v) is 18.8. The van der Waals surface area contributed by atoms with Gasteiger partial charge in [0.05, 0.1) is 27.9 Å². The average Bonchev–Trinajstić information content (AvgIpc) is 3.03. The molecule has 9 heteroatoms. The molecule has 2 N–H and O–H groups in total. The maximum Gasteiger partial charge on any atom is 0.412 e. The Kier molecular flexibility index (Phi) is 7.43. The molecule has 0 bridgehead atoms. The fourth-order valence-electron chi connectivity index (χ4n) is 3.12. The normalized spacial score (nSPS) is 13.7. The van der Waals surface area contributed by atoms with Crippen LogP contribution in [0.25, 0.3) is 10.9 Å². The Bertz CT molecular complexity index is 919. The molecule has 1 aromatic carbocycles. The third kappa shape index (κ3) is 4.97. The SMILES string of the molecule is CC.CC(C)(C)OC(=O)Nc1cc(Cl)c(Cl)c2c1cc1n2CCN(CCO)C1=O. The number of hydrogen-bond acceptors (Lipinski definition) is 4. The highest BCUT2D eigenvalue weighted by atomic mass is 35.5. The summed E-state index contributed by atoms with van der Waals surface area (Å²) >= 11 is 12.7. The van der Waals surface area contributed by atoms with Crippen molar-refractivity contribution < 1.29 is 19.4 Å². The Balaban J connectivity index is 0.00000145.